The van der Waals surface area contributed by atoms with Crippen LogP contribution in [0.5, 0.6) is 0 Å². The van der Waals surface area contributed by atoms with Gasteiger partial charge in [-0.05, 0) is 24.1 Å². The molecule has 1 amide bonds. The van der Waals surface area contributed by atoms with Crippen molar-refractivity contribution in [2.75, 3.05) is 23.5 Å². The maximum atomic E-state index is 12.8. The quantitative estimate of drug-likeness (QED) is 0.367. The molecular weight excluding hydrogens is 408 g/mol. The molecule has 2 aromatic heterocycles. The standard InChI is InChI=1S/C18H27ClN6O2Si.CH4/c1-6-14-17(26)23(2)15-10-20-18(19)22-16(15)25(14)13-9-21-24(11-13)12-27-7-8-28(3,4)5;/h9-11,14H,6-8,12H2,1-5H3;1H4. The lowest BCUT2D eigenvalue weighted by atomic mass is 10.1. The highest BCUT2D eigenvalue weighted by molar-refractivity contribution is 6.76. The van der Waals surface area contributed by atoms with Gasteiger partial charge in [-0.3, -0.25) is 4.79 Å². The van der Waals surface area contributed by atoms with Crippen LogP contribution in [0.3, 0.4) is 0 Å². The van der Waals surface area contributed by atoms with Gasteiger partial charge < -0.3 is 14.5 Å². The lowest BCUT2D eigenvalue weighted by molar-refractivity contribution is -0.119. The number of carbonyl (C=O) groups excluding carboxylic acids is 1. The molecule has 3 heterocycles. The highest BCUT2D eigenvalue weighted by atomic mass is 35.5. The van der Waals surface area contributed by atoms with E-state index in [0.29, 0.717) is 24.7 Å². The van der Waals surface area contributed by atoms with Gasteiger partial charge in [-0.15, -0.1) is 0 Å². The van der Waals surface area contributed by atoms with Crippen LogP contribution in [0.25, 0.3) is 0 Å². The van der Waals surface area contributed by atoms with Gasteiger partial charge in [-0.25, -0.2) is 9.67 Å². The first-order valence-electron chi connectivity index (χ1n) is 9.41. The molecule has 0 bridgehead atoms. The van der Waals surface area contributed by atoms with E-state index in [1.54, 1.807) is 29.0 Å². The molecule has 2 aromatic rings. The summed E-state index contributed by atoms with van der Waals surface area (Å²) in [5.41, 5.74) is 1.40. The molecule has 3 rings (SSSR count). The van der Waals surface area contributed by atoms with E-state index in [0.717, 1.165) is 18.3 Å². The molecule has 1 aliphatic rings. The van der Waals surface area contributed by atoms with Crippen LogP contribution in [-0.4, -0.2) is 53.4 Å². The first kappa shape index (κ1) is 23.3. The summed E-state index contributed by atoms with van der Waals surface area (Å²) in [7, 11) is 0.608. The van der Waals surface area contributed by atoms with Crippen LogP contribution in [0, 0.1) is 0 Å². The van der Waals surface area contributed by atoms with Crippen LogP contribution in [0.15, 0.2) is 18.6 Å². The Balaban J connectivity index is 0.00000300. The molecule has 160 valence electrons. The fraction of sp³-hybridized carbons (Fsp3) is 0.579. The van der Waals surface area contributed by atoms with Crippen LogP contribution in [0.2, 0.25) is 31.0 Å². The Morgan fingerprint density at radius 1 is 1.28 bits per heavy atom. The molecule has 0 saturated heterocycles. The molecule has 0 spiro atoms. The smallest absolute Gasteiger partial charge is 0.250 e. The van der Waals surface area contributed by atoms with Gasteiger partial charge >= 0.3 is 0 Å². The minimum Gasteiger partial charge on any atom is -0.360 e. The van der Waals surface area contributed by atoms with Gasteiger partial charge in [-0.2, -0.15) is 10.1 Å². The Kier molecular flexibility index (Phi) is 7.42. The number of nitrogens with zero attached hydrogens (tertiary/aromatic N) is 6. The largest absolute Gasteiger partial charge is 0.360 e. The van der Waals surface area contributed by atoms with E-state index >= 15 is 0 Å². The predicted molar refractivity (Wildman–Crippen MR) is 120 cm³/mol. The van der Waals surface area contributed by atoms with E-state index in [1.807, 2.05) is 18.0 Å². The highest BCUT2D eigenvalue weighted by Crippen LogP contribution is 2.39. The van der Waals surface area contributed by atoms with Crippen molar-refractivity contribution in [2.24, 2.45) is 0 Å². The van der Waals surface area contributed by atoms with Crippen molar-refractivity contribution >= 4 is 42.8 Å². The molecule has 0 fully saturated rings. The first-order chi connectivity index (χ1) is 13.2. The van der Waals surface area contributed by atoms with E-state index in [1.165, 1.54) is 0 Å². The normalized spacial score (nSPS) is 16.6. The van der Waals surface area contributed by atoms with Gasteiger partial charge in [0.15, 0.2) is 5.82 Å². The second kappa shape index (κ2) is 9.23. The molecule has 1 aliphatic heterocycles. The molecule has 0 saturated carbocycles. The molecule has 1 atom stereocenters. The van der Waals surface area contributed by atoms with Gasteiger partial charge in [0.25, 0.3) is 0 Å². The first-order valence-corrected chi connectivity index (χ1v) is 13.5. The molecular formula is C19H31ClN6O2Si. The predicted octanol–water partition coefficient (Wildman–Crippen LogP) is 4.17. The van der Waals surface area contributed by atoms with E-state index in [4.69, 9.17) is 16.3 Å². The van der Waals surface area contributed by atoms with Crippen molar-refractivity contribution in [1.29, 1.82) is 0 Å². The lowest BCUT2D eigenvalue weighted by Gasteiger charge is -2.39. The minimum atomic E-state index is -1.12. The number of anilines is 3. The fourth-order valence-electron chi connectivity index (χ4n) is 3.10. The van der Waals surface area contributed by atoms with E-state index in [2.05, 4.69) is 34.7 Å². The van der Waals surface area contributed by atoms with Gasteiger partial charge in [0.1, 0.15) is 18.5 Å². The molecule has 0 aliphatic carbocycles. The third-order valence-corrected chi connectivity index (χ3v) is 6.63. The number of hydrogen-bond acceptors (Lipinski definition) is 6. The van der Waals surface area contributed by atoms with E-state index in [-0.39, 0.29) is 24.7 Å². The van der Waals surface area contributed by atoms with E-state index < -0.39 is 8.07 Å². The fourth-order valence-corrected chi connectivity index (χ4v) is 3.99. The number of likely N-dealkylation sites (N-methyl/N-ethyl adjacent to an activating group) is 1. The lowest BCUT2D eigenvalue weighted by Crippen LogP contribution is -2.50. The van der Waals surface area contributed by atoms with Gasteiger partial charge in [0.05, 0.1) is 24.3 Å². The number of carbonyl (C=O) groups is 1. The molecule has 0 N–H and O–H groups in total. The van der Waals surface area contributed by atoms with Crippen LogP contribution in [0.1, 0.15) is 20.8 Å². The summed E-state index contributed by atoms with van der Waals surface area (Å²) < 4.78 is 7.50. The summed E-state index contributed by atoms with van der Waals surface area (Å²) in [5, 5.41) is 4.54. The number of amides is 1. The van der Waals surface area contributed by atoms with Crippen LogP contribution in [-0.2, 0) is 16.3 Å². The summed E-state index contributed by atoms with van der Waals surface area (Å²) in [6.45, 7) is 10.0. The summed E-state index contributed by atoms with van der Waals surface area (Å²) >= 11 is 6.04. The molecule has 0 radical (unpaired) electrons. The van der Waals surface area contributed by atoms with Crippen molar-refractivity contribution in [3.8, 4) is 0 Å². The second-order valence-corrected chi connectivity index (χ2v) is 14.1. The van der Waals surface area contributed by atoms with Crippen LogP contribution < -0.4 is 9.80 Å². The molecule has 29 heavy (non-hydrogen) atoms. The average Bonchev–Trinajstić information content (AvgIpc) is 3.09. The third kappa shape index (κ3) is 5.15. The summed E-state index contributed by atoms with van der Waals surface area (Å²) in [5.74, 6) is 0.591. The zero-order valence-corrected chi connectivity index (χ0v) is 18.8. The van der Waals surface area contributed by atoms with Crippen molar-refractivity contribution in [3.05, 3.63) is 23.9 Å². The Labute approximate surface area is 178 Å². The van der Waals surface area contributed by atoms with Gasteiger partial charge in [0, 0.05) is 21.7 Å². The Morgan fingerprint density at radius 3 is 2.66 bits per heavy atom. The van der Waals surface area contributed by atoms with Crippen molar-refractivity contribution in [3.63, 3.8) is 0 Å². The topological polar surface area (TPSA) is 76.4 Å². The summed E-state index contributed by atoms with van der Waals surface area (Å²) in [6.07, 6.45) is 5.80. The number of hydrogen-bond donors (Lipinski definition) is 0. The van der Waals surface area contributed by atoms with Crippen LogP contribution >= 0.6 is 11.6 Å². The Hall–Kier alpha value is -1.97. The van der Waals surface area contributed by atoms with Crippen molar-refractivity contribution < 1.29 is 9.53 Å². The average molecular weight is 439 g/mol. The van der Waals surface area contributed by atoms with E-state index in [9.17, 15) is 4.79 Å². The van der Waals surface area contributed by atoms with Crippen molar-refractivity contribution in [2.45, 2.75) is 59.2 Å². The second-order valence-electron chi connectivity index (χ2n) is 8.13. The Morgan fingerprint density at radius 2 is 2.00 bits per heavy atom. The summed E-state index contributed by atoms with van der Waals surface area (Å²) in [6, 6.07) is 0.725. The molecule has 0 aromatic carbocycles. The number of ether oxygens (including phenoxy) is 1. The zero-order chi connectivity index (χ0) is 20.5. The third-order valence-electron chi connectivity index (χ3n) is 4.74. The monoisotopic (exact) mass is 438 g/mol. The number of aromatic nitrogens is 4. The number of fused-ring (bicyclic) bond motifs is 1. The molecule has 8 nitrogen and oxygen atoms in total. The van der Waals surface area contributed by atoms with Gasteiger partial charge in [0.2, 0.25) is 11.2 Å². The zero-order valence-electron chi connectivity index (χ0n) is 17.0. The highest BCUT2D eigenvalue weighted by Gasteiger charge is 2.38. The summed E-state index contributed by atoms with van der Waals surface area (Å²) in [4.78, 5) is 24.7. The molecule has 10 heteroatoms. The SMILES string of the molecule is C.CCC1C(=O)N(C)c2cnc(Cl)nc2N1c1cnn(COCC[Si](C)(C)C)c1. The van der Waals surface area contributed by atoms with Crippen LogP contribution in [0.4, 0.5) is 17.2 Å². The molecule has 1 unspecified atom stereocenters. The number of halogens is 1. The minimum absolute atomic E-state index is 0. The van der Waals surface area contributed by atoms with Crippen molar-refractivity contribution in [1.82, 2.24) is 19.7 Å². The maximum absolute atomic E-state index is 12.8. The van der Waals surface area contributed by atoms with Gasteiger partial charge in [-0.1, -0.05) is 34.0 Å². The Bertz CT molecular complexity index is 853. The maximum Gasteiger partial charge on any atom is 0.250 e. The number of rotatable bonds is 7.